The van der Waals surface area contributed by atoms with Crippen molar-refractivity contribution in [3.05, 3.63) is 39.9 Å². The van der Waals surface area contributed by atoms with E-state index < -0.39 is 4.92 Å². The average molecular weight is 278 g/mol. The van der Waals surface area contributed by atoms with Gasteiger partial charge in [-0.05, 0) is 31.0 Å². The number of nitro benzene ring substituents is 1. The standard InChI is InChI=1S/C14H18N2O4/c1-10-6-7-15(13(10)9-17)8-14(18)11-2-4-12(5-3-11)16(19)20/h2-5,10,13,17H,6-9H2,1H3. The molecule has 0 aromatic heterocycles. The Morgan fingerprint density at radius 1 is 1.45 bits per heavy atom. The van der Waals surface area contributed by atoms with E-state index in [1.807, 2.05) is 4.90 Å². The summed E-state index contributed by atoms with van der Waals surface area (Å²) in [5.41, 5.74) is 0.441. The number of nitro groups is 1. The second-order valence-electron chi connectivity index (χ2n) is 5.21. The molecule has 1 saturated heterocycles. The molecule has 0 amide bonds. The number of carbonyl (C=O) groups is 1. The number of rotatable bonds is 5. The van der Waals surface area contributed by atoms with Gasteiger partial charge in [0.2, 0.25) is 0 Å². The molecule has 0 bridgehead atoms. The summed E-state index contributed by atoms with van der Waals surface area (Å²) in [4.78, 5) is 24.2. The second kappa shape index (κ2) is 6.11. The predicted molar refractivity (Wildman–Crippen MR) is 73.7 cm³/mol. The second-order valence-corrected chi connectivity index (χ2v) is 5.21. The SMILES string of the molecule is CC1CCN(CC(=O)c2ccc([N+](=O)[O-])cc2)C1CO. The molecule has 6 nitrogen and oxygen atoms in total. The number of non-ortho nitro benzene ring substituents is 1. The van der Waals surface area contributed by atoms with Crippen molar-refractivity contribution in [1.29, 1.82) is 0 Å². The summed E-state index contributed by atoms with van der Waals surface area (Å²) >= 11 is 0. The van der Waals surface area contributed by atoms with Crippen molar-refractivity contribution >= 4 is 11.5 Å². The molecule has 1 fully saturated rings. The third-order valence-corrected chi connectivity index (χ3v) is 3.93. The fraction of sp³-hybridized carbons (Fsp3) is 0.500. The monoisotopic (exact) mass is 278 g/mol. The summed E-state index contributed by atoms with van der Waals surface area (Å²) in [6.07, 6.45) is 0.971. The van der Waals surface area contributed by atoms with Crippen molar-refractivity contribution in [2.24, 2.45) is 5.92 Å². The van der Waals surface area contributed by atoms with E-state index in [0.717, 1.165) is 13.0 Å². The van der Waals surface area contributed by atoms with Gasteiger partial charge in [-0.1, -0.05) is 6.92 Å². The van der Waals surface area contributed by atoms with Crippen molar-refractivity contribution in [2.75, 3.05) is 19.7 Å². The molecule has 108 valence electrons. The maximum atomic E-state index is 12.2. The first-order valence-corrected chi connectivity index (χ1v) is 6.65. The Balaban J connectivity index is 2.03. The topological polar surface area (TPSA) is 83.7 Å². The number of aliphatic hydroxyl groups excluding tert-OH is 1. The summed E-state index contributed by atoms with van der Waals surface area (Å²) in [6, 6.07) is 5.66. The molecule has 2 unspecified atom stereocenters. The zero-order valence-electron chi connectivity index (χ0n) is 11.4. The first-order valence-electron chi connectivity index (χ1n) is 6.65. The lowest BCUT2D eigenvalue weighted by molar-refractivity contribution is -0.384. The van der Waals surface area contributed by atoms with Crippen LogP contribution in [0.1, 0.15) is 23.7 Å². The number of hydrogen-bond donors (Lipinski definition) is 1. The molecule has 1 aromatic rings. The quantitative estimate of drug-likeness (QED) is 0.501. The summed E-state index contributed by atoms with van der Waals surface area (Å²) in [6.45, 7) is 3.16. The van der Waals surface area contributed by atoms with Crippen LogP contribution in [0.15, 0.2) is 24.3 Å². The highest BCUT2D eigenvalue weighted by Crippen LogP contribution is 2.23. The first-order chi connectivity index (χ1) is 9.52. The van der Waals surface area contributed by atoms with E-state index in [9.17, 15) is 20.0 Å². The minimum atomic E-state index is -0.488. The van der Waals surface area contributed by atoms with Crippen LogP contribution in [0, 0.1) is 16.0 Å². The van der Waals surface area contributed by atoms with E-state index in [1.54, 1.807) is 0 Å². The summed E-state index contributed by atoms with van der Waals surface area (Å²) in [5, 5.41) is 19.9. The van der Waals surface area contributed by atoms with E-state index in [0.29, 0.717) is 11.5 Å². The summed E-state index contributed by atoms with van der Waals surface area (Å²) < 4.78 is 0. The normalized spacial score (nSPS) is 22.9. The van der Waals surface area contributed by atoms with Gasteiger partial charge < -0.3 is 5.11 Å². The zero-order chi connectivity index (χ0) is 14.7. The number of ketones is 1. The number of hydrogen-bond acceptors (Lipinski definition) is 5. The Bertz CT molecular complexity index is 500. The van der Waals surface area contributed by atoms with Gasteiger partial charge in [0, 0.05) is 23.7 Å². The van der Waals surface area contributed by atoms with Gasteiger partial charge in [0.1, 0.15) is 0 Å². The Morgan fingerprint density at radius 2 is 2.10 bits per heavy atom. The Morgan fingerprint density at radius 3 is 2.65 bits per heavy atom. The molecule has 2 rings (SSSR count). The van der Waals surface area contributed by atoms with Crippen molar-refractivity contribution < 1.29 is 14.8 Å². The van der Waals surface area contributed by atoms with Gasteiger partial charge in [-0.3, -0.25) is 19.8 Å². The molecule has 1 heterocycles. The Hall–Kier alpha value is -1.79. The fourth-order valence-corrected chi connectivity index (χ4v) is 2.62. The number of Topliss-reactive ketones (excluding diaryl/α,β-unsaturated/α-hetero) is 1. The van der Waals surface area contributed by atoms with Gasteiger partial charge in [-0.2, -0.15) is 0 Å². The van der Waals surface area contributed by atoms with Crippen LogP contribution < -0.4 is 0 Å². The molecule has 1 aromatic carbocycles. The summed E-state index contributed by atoms with van der Waals surface area (Å²) in [7, 11) is 0. The average Bonchev–Trinajstić information content (AvgIpc) is 2.79. The maximum Gasteiger partial charge on any atom is 0.269 e. The number of benzene rings is 1. The molecule has 0 saturated carbocycles. The maximum absolute atomic E-state index is 12.2. The molecule has 20 heavy (non-hydrogen) atoms. The van der Waals surface area contributed by atoms with E-state index in [2.05, 4.69) is 6.92 Å². The van der Waals surface area contributed by atoms with E-state index in [4.69, 9.17) is 0 Å². The van der Waals surface area contributed by atoms with Crippen molar-refractivity contribution in [1.82, 2.24) is 4.90 Å². The third kappa shape index (κ3) is 3.02. The van der Waals surface area contributed by atoms with Crippen LogP contribution in [-0.4, -0.2) is 46.5 Å². The van der Waals surface area contributed by atoms with Gasteiger partial charge in [0.25, 0.3) is 5.69 Å². The van der Waals surface area contributed by atoms with Crippen molar-refractivity contribution in [3.63, 3.8) is 0 Å². The molecule has 1 aliphatic rings. The lowest BCUT2D eigenvalue weighted by atomic mass is 10.0. The van der Waals surface area contributed by atoms with Gasteiger partial charge in [0.15, 0.2) is 5.78 Å². The number of nitrogens with zero attached hydrogens (tertiary/aromatic N) is 2. The van der Waals surface area contributed by atoms with Gasteiger partial charge in [0.05, 0.1) is 18.1 Å². The predicted octanol–water partition coefficient (Wildman–Crippen LogP) is 1.48. The number of carbonyl (C=O) groups excluding carboxylic acids is 1. The smallest absolute Gasteiger partial charge is 0.269 e. The Kier molecular flexibility index (Phi) is 4.46. The lowest BCUT2D eigenvalue weighted by Crippen LogP contribution is -2.38. The van der Waals surface area contributed by atoms with Crippen LogP contribution in [0.4, 0.5) is 5.69 Å². The molecule has 1 aliphatic heterocycles. The van der Waals surface area contributed by atoms with Crippen molar-refractivity contribution in [2.45, 2.75) is 19.4 Å². The number of likely N-dealkylation sites (tertiary alicyclic amines) is 1. The van der Waals surface area contributed by atoms with Gasteiger partial charge in [-0.25, -0.2) is 0 Å². The third-order valence-electron chi connectivity index (χ3n) is 3.93. The largest absolute Gasteiger partial charge is 0.395 e. The fourth-order valence-electron chi connectivity index (χ4n) is 2.62. The van der Waals surface area contributed by atoms with Crippen molar-refractivity contribution in [3.8, 4) is 0 Å². The number of aliphatic hydroxyl groups is 1. The molecule has 0 aliphatic carbocycles. The van der Waals surface area contributed by atoms with E-state index in [-0.39, 0.29) is 30.7 Å². The highest BCUT2D eigenvalue weighted by atomic mass is 16.6. The first kappa shape index (κ1) is 14.6. The lowest BCUT2D eigenvalue weighted by Gasteiger charge is -2.24. The molecule has 6 heteroatoms. The molecule has 0 radical (unpaired) electrons. The van der Waals surface area contributed by atoms with Crippen LogP contribution in [0.2, 0.25) is 0 Å². The van der Waals surface area contributed by atoms with E-state index in [1.165, 1.54) is 24.3 Å². The summed E-state index contributed by atoms with van der Waals surface area (Å²) in [5.74, 6) is 0.303. The molecular formula is C14H18N2O4. The van der Waals surface area contributed by atoms with Gasteiger partial charge in [-0.15, -0.1) is 0 Å². The molecule has 1 N–H and O–H groups in total. The van der Waals surface area contributed by atoms with Crippen LogP contribution in [0.25, 0.3) is 0 Å². The minimum Gasteiger partial charge on any atom is -0.395 e. The van der Waals surface area contributed by atoms with Crippen LogP contribution in [0.5, 0.6) is 0 Å². The highest BCUT2D eigenvalue weighted by molar-refractivity contribution is 5.97. The molecule has 0 spiro atoms. The van der Waals surface area contributed by atoms with Crippen LogP contribution in [0.3, 0.4) is 0 Å². The Labute approximate surface area is 117 Å². The van der Waals surface area contributed by atoms with Crippen LogP contribution >= 0.6 is 0 Å². The molecule has 2 atom stereocenters. The van der Waals surface area contributed by atoms with Crippen LogP contribution in [-0.2, 0) is 0 Å². The van der Waals surface area contributed by atoms with E-state index >= 15 is 0 Å². The minimum absolute atomic E-state index is 0.0235. The highest BCUT2D eigenvalue weighted by Gasteiger charge is 2.31. The zero-order valence-corrected chi connectivity index (χ0v) is 11.4. The molecular weight excluding hydrogens is 260 g/mol. The van der Waals surface area contributed by atoms with Gasteiger partial charge >= 0.3 is 0 Å².